The topological polar surface area (TPSA) is 34.2 Å². The maximum Gasteiger partial charge on any atom is 0.170 e. The van der Waals surface area contributed by atoms with E-state index in [1.54, 1.807) is 30.6 Å². The molecule has 1 aromatic heterocycles. The van der Waals surface area contributed by atoms with Crippen molar-refractivity contribution in [2.75, 3.05) is 13.7 Å². The summed E-state index contributed by atoms with van der Waals surface area (Å²) >= 11 is 0. The average molecular weight is 274 g/mol. The summed E-state index contributed by atoms with van der Waals surface area (Å²) in [6, 6.07) is 6.89. The molecular weight excluding hydrogens is 255 g/mol. The highest BCUT2D eigenvalue weighted by Crippen LogP contribution is 2.30. The Bertz CT molecular complexity index is 586. The molecule has 0 aliphatic carbocycles. The number of hydrogen-bond acceptors (Lipinski definition) is 3. The third-order valence-corrected chi connectivity index (χ3v) is 3.32. The maximum absolute atomic E-state index is 14.5. The Morgan fingerprint density at radius 2 is 2.10 bits per heavy atom. The van der Waals surface area contributed by atoms with Crippen LogP contribution in [-0.2, 0) is 0 Å². The minimum Gasteiger partial charge on any atom is -0.494 e. The van der Waals surface area contributed by atoms with Gasteiger partial charge < -0.3 is 10.1 Å². The van der Waals surface area contributed by atoms with Gasteiger partial charge in [-0.2, -0.15) is 0 Å². The van der Waals surface area contributed by atoms with Crippen LogP contribution in [0.4, 0.5) is 4.39 Å². The lowest BCUT2D eigenvalue weighted by molar-refractivity contribution is 0.381. The van der Waals surface area contributed by atoms with Crippen LogP contribution in [-0.4, -0.2) is 18.6 Å². The van der Waals surface area contributed by atoms with Crippen LogP contribution >= 0.6 is 0 Å². The first kappa shape index (κ1) is 14.5. The van der Waals surface area contributed by atoms with Crippen LogP contribution in [0.5, 0.6) is 5.75 Å². The highest BCUT2D eigenvalue weighted by atomic mass is 19.1. The Labute approximate surface area is 118 Å². The molecule has 0 fully saturated rings. The van der Waals surface area contributed by atoms with E-state index < -0.39 is 0 Å². The van der Waals surface area contributed by atoms with Crippen molar-refractivity contribution in [2.45, 2.75) is 19.9 Å². The van der Waals surface area contributed by atoms with Crippen molar-refractivity contribution in [3.8, 4) is 5.75 Å². The van der Waals surface area contributed by atoms with E-state index in [0.717, 1.165) is 17.7 Å². The molecule has 3 nitrogen and oxygen atoms in total. The molecule has 0 radical (unpaired) electrons. The fraction of sp³-hybridized carbons (Fsp3) is 0.312. The van der Waals surface area contributed by atoms with Crippen molar-refractivity contribution < 1.29 is 9.13 Å². The third kappa shape index (κ3) is 2.80. The Hall–Kier alpha value is -1.94. The summed E-state index contributed by atoms with van der Waals surface area (Å²) in [5.41, 5.74) is 2.62. The summed E-state index contributed by atoms with van der Waals surface area (Å²) in [6.45, 7) is 4.73. The number of pyridine rings is 1. The van der Waals surface area contributed by atoms with E-state index >= 15 is 0 Å². The molecule has 1 unspecified atom stereocenters. The smallest absolute Gasteiger partial charge is 0.170 e. The average Bonchev–Trinajstić information content (AvgIpc) is 2.46. The molecule has 106 valence electrons. The predicted octanol–water partition coefficient (Wildman–Crippen LogP) is 3.24. The van der Waals surface area contributed by atoms with Gasteiger partial charge in [0, 0.05) is 18.0 Å². The zero-order valence-electron chi connectivity index (χ0n) is 12.0. The van der Waals surface area contributed by atoms with E-state index in [1.165, 1.54) is 7.11 Å². The summed E-state index contributed by atoms with van der Waals surface area (Å²) in [4.78, 5) is 4.15. The van der Waals surface area contributed by atoms with Crippen LogP contribution in [0.1, 0.15) is 29.7 Å². The molecule has 0 spiro atoms. The Morgan fingerprint density at radius 1 is 1.30 bits per heavy atom. The second-order valence-electron chi connectivity index (χ2n) is 4.59. The first-order valence-corrected chi connectivity index (χ1v) is 6.65. The van der Waals surface area contributed by atoms with Crippen LogP contribution in [0.25, 0.3) is 0 Å². The molecule has 0 amide bonds. The van der Waals surface area contributed by atoms with E-state index in [1.807, 2.05) is 19.9 Å². The summed E-state index contributed by atoms with van der Waals surface area (Å²) in [6.07, 6.45) is 3.52. The number of nitrogens with zero attached hydrogens (tertiary/aromatic N) is 1. The molecule has 1 aromatic carbocycles. The van der Waals surface area contributed by atoms with Gasteiger partial charge in [-0.05, 0) is 36.7 Å². The number of ether oxygens (including phenoxy) is 1. The van der Waals surface area contributed by atoms with Gasteiger partial charge in [-0.1, -0.05) is 19.1 Å². The van der Waals surface area contributed by atoms with Gasteiger partial charge in [0.25, 0.3) is 0 Å². The van der Waals surface area contributed by atoms with Gasteiger partial charge >= 0.3 is 0 Å². The number of hydrogen-bond donors (Lipinski definition) is 1. The minimum absolute atomic E-state index is 0.233. The molecule has 2 aromatic rings. The molecule has 1 atom stereocenters. The Kier molecular flexibility index (Phi) is 4.69. The zero-order valence-corrected chi connectivity index (χ0v) is 12.0. The molecule has 1 N–H and O–H groups in total. The predicted molar refractivity (Wildman–Crippen MR) is 77.4 cm³/mol. The lowest BCUT2D eigenvalue weighted by atomic mass is 9.96. The standard InChI is InChI=1S/C16H19FN2O/c1-4-19-16(13-10-18-9-8-11(13)2)12-6-5-7-14(20-3)15(12)17/h5-10,16,19H,4H2,1-3H3. The molecule has 2 rings (SSSR count). The normalized spacial score (nSPS) is 12.2. The molecular formula is C16H19FN2O. The van der Waals surface area contributed by atoms with E-state index in [-0.39, 0.29) is 17.6 Å². The van der Waals surface area contributed by atoms with Crippen molar-refractivity contribution in [1.82, 2.24) is 10.3 Å². The monoisotopic (exact) mass is 274 g/mol. The van der Waals surface area contributed by atoms with Gasteiger partial charge in [-0.15, -0.1) is 0 Å². The summed E-state index contributed by atoms with van der Waals surface area (Å²) in [5, 5.41) is 3.31. The van der Waals surface area contributed by atoms with Crippen molar-refractivity contribution >= 4 is 0 Å². The zero-order chi connectivity index (χ0) is 14.5. The van der Waals surface area contributed by atoms with Crippen molar-refractivity contribution in [3.63, 3.8) is 0 Å². The Balaban J connectivity index is 2.52. The number of halogens is 1. The van der Waals surface area contributed by atoms with E-state index in [2.05, 4.69) is 10.3 Å². The lowest BCUT2D eigenvalue weighted by Crippen LogP contribution is -2.24. The van der Waals surface area contributed by atoms with Gasteiger partial charge in [-0.3, -0.25) is 4.98 Å². The van der Waals surface area contributed by atoms with E-state index in [0.29, 0.717) is 5.56 Å². The lowest BCUT2D eigenvalue weighted by Gasteiger charge is -2.21. The highest BCUT2D eigenvalue weighted by molar-refractivity contribution is 5.40. The van der Waals surface area contributed by atoms with Gasteiger partial charge in [0.15, 0.2) is 11.6 Å². The fourth-order valence-electron chi connectivity index (χ4n) is 2.28. The van der Waals surface area contributed by atoms with Crippen LogP contribution in [0, 0.1) is 12.7 Å². The second-order valence-corrected chi connectivity index (χ2v) is 4.59. The van der Waals surface area contributed by atoms with Gasteiger partial charge in [0.2, 0.25) is 0 Å². The highest BCUT2D eigenvalue weighted by Gasteiger charge is 2.20. The summed E-state index contributed by atoms with van der Waals surface area (Å²) < 4.78 is 19.5. The number of benzene rings is 1. The molecule has 4 heteroatoms. The fourth-order valence-corrected chi connectivity index (χ4v) is 2.28. The molecule has 0 aliphatic heterocycles. The molecule has 20 heavy (non-hydrogen) atoms. The number of rotatable bonds is 5. The van der Waals surface area contributed by atoms with Crippen molar-refractivity contribution in [2.24, 2.45) is 0 Å². The first-order valence-electron chi connectivity index (χ1n) is 6.65. The van der Waals surface area contributed by atoms with E-state index in [4.69, 9.17) is 4.74 Å². The van der Waals surface area contributed by atoms with Gasteiger partial charge in [0.1, 0.15) is 0 Å². The summed E-state index contributed by atoms with van der Waals surface area (Å²) in [5.74, 6) is -0.0730. The van der Waals surface area contributed by atoms with Crippen LogP contribution in [0.2, 0.25) is 0 Å². The molecule has 0 saturated carbocycles. The molecule has 1 heterocycles. The first-order chi connectivity index (χ1) is 9.69. The Morgan fingerprint density at radius 3 is 2.75 bits per heavy atom. The van der Waals surface area contributed by atoms with Crippen LogP contribution in [0.3, 0.4) is 0 Å². The quantitative estimate of drug-likeness (QED) is 0.909. The largest absolute Gasteiger partial charge is 0.494 e. The second kappa shape index (κ2) is 6.48. The number of nitrogens with one attached hydrogen (secondary N) is 1. The van der Waals surface area contributed by atoms with Gasteiger partial charge in [-0.25, -0.2) is 4.39 Å². The maximum atomic E-state index is 14.5. The van der Waals surface area contributed by atoms with Crippen LogP contribution < -0.4 is 10.1 Å². The minimum atomic E-state index is -0.329. The van der Waals surface area contributed by atoms with E-state index in [9.17, 15) is 4.39 Å². The number of aromatic nitrogens is 1. The van der Waals surface area contributed by atoms with Crippen LogP contribution in [0.15, 0.2) is 36.7 Å². The number of methoxy groups -OCH3 is 1. The van der Waals surface area contributed by atoms with Crippen molar-refractivity contribution in [1.29, 1.82) is 0 Å². The molecule has 0 aliphatic rings. The third-order valence-electron chi connectivity index (χ3n) is 3.32. The van der Waals surface area contributed by atoms with Gasteiger partial charge in [0.05, 0.1) is 13.2 Å². The molecule has 0 saturated heterocycles. The van der Waals surface area contributed by atoms with Crippen molar-refractivity contribution in [3.05, 3.63) is 59.2 Å². The SMILES string of the molecule is CCNC(c1cnccc1C)c1cccc(OC)c1F. The summed E-state index contributed by atoms with van der Waals surface area (Å²) in [7, 11) is 1.47. The number of aryl methyl sites for hydroxylation is 1. The molecule has 0 bridgehead atoms.